The molecule has 0 spiro atoms. The summed E-state index contributed by atoms with van der Waals surface area (Å²) in [6.45, 7) is 3.64. The largest absolute Gasteiger partial charge is 0.484 e. The normalized spacial score (nSPS) is 14.4. The number of rotatable bonds is 8. The molecule has 0 radical (unpaired) electrons. The van der Waals surface area contributed by atoms with Crippen LogP contribution in [0.5, 0.6) is 5.75 Å². The summed E-state index contributed by atoms with van der Waals surface area (Å²) in [5.41, 5.74) is 1.75. The maximum atomic E-state index is 12.6. The molecule has 0 aliphatic carbocycles. The first-order valence-electron chi connectivity index (χ1n) is 11.4. The van der Waals surface area contributed by atoms with Gasteiger partial charge in [-0.05, 0) is 48.9 Å². The number of anilines is 2. The maximum absolute atomic E-state index is 12.6. The van der Waals surface area contributed by atoms with Crippen molar-refractivity contribution in [3.63, 3.8) is 0 Å². The lowest BCUT2D eigenvalue weighted by Gasteiger charge is -2.29. The van der Waals surface area contributed by atoms with Crippen LogP contribution in [0.1, 0.15) is 5.56 Å². The van der Waals surface area contributed by atoms with Crippen LogP contribution in [0.3, 0.4) is 0 Å². The topological polar surface area (TPSA) is 130 Å². The molecule has 1 saturated heterocycles. The molecule has 2 aromatic carbocycles. The second-order valence-corrected chi connectivity index (χ2v) is 8.59. The lowest BCUT2D eigenvalue weighted by molar-refractivity contribution is -0.128. The van der Waals surface area contributed by atoms with Gasteiger partial charge >= 0.3 is 5.63 Å². The number of carbonyl (C=O) groups excluding carboxylic acids is 2. The molecule has 2 heterocycles. The van der Waals surface area contributed by atoms with Crippen LogP contribution >= 0.6 is 11.6 Å². The molecule has 0 saturated carbocycles. The van der Waals surface area contributed by atoms with Gasteiger partial charge in [-0.15, -0.1) is 0 Å². The average molecular weight is 516 g/mol. The molecular weight excluding hydrogens is 490 g/mol. The molecular formula is C25H26ClN3O7. The minimum atomic E-state index is -1.17. The van der Waals surface area contributed by atoms with Crippen LogP contribution in [0.15, 0.2) is 51.7 Å². The Hall–Kier alpha value is -3.60. The van der Waals surface area contributed by atoms with E-state index in [9.17, 15) is 19.5 Å². The zero-order valence-electron chi connectivity index (χ0n) is 19.6. The highest BCUT2D eigenvalue weighted by molar-refractivity contribution is 6.31. The minimum absolute atomic E-state index is 0.0110. The number of carbonyl (C=O) groups is 2. The van der Waals surface area contributed by atoms with Gasteiger partial charge in [0.2, 0.25) is 5.91 Å². The molecule has 1 aliphatic heterocycles. The zero-order valence-corrected chi connectivity index (χ0v) is 20.3. The third-order valence-corrected chi connectivity index (χ3v) is 6.22. The molecule has 1 aliphatic rings. The van der Waals surface area contributed by atoms with Crippen molar-refractivity contribution in [2.24, 2.45) is 0 Å². The van der Waals surface area contributed by atoms with Crippen LogP contribution in [-0.2, 0) is 14.3 Å². The van der Waals surface area contributed by atoms with E-state index in [2.05, 4.69) is 15.5 Å². The Morgan fingerprint density at radius 3 is 2.58 bits per heavy atom. The number of hydrogen-bond donors (Lipinski definition) is 3. The van der Waals surface area contributed by atoms with Gasteiger partial charge in [-0.25, -0.2) is 4.79 Å². The predicted octanol–water partition coefficient (Wildman–Crippen LogP) is 2.09. The van der Waals surface area contributed by atoms with Crippen molar-refractivity contribution >= 4 is 45.8 Å². The molecule has 36 heavy (non-hydrogen) atoms. The standard InChI is InChI=1S/C25H26ClN3O7/c1-15-19-7-6-18(12-21(19)36-25(33)23(15)26)35-14-22(31)28-20(13-30)24(32)27-16-2-4-17(5-3-16)29-8-10-34-11-9-29/h2-7,12,20,30H,8-11,13-14H2,1H3,(H,27,32)(H,28,31)/t20-/m0/s1. The number of nitrogens with zero attached hydrogens (tertiary/aromatic N) is 1. The summed E-state index contributed by atoms with van der Waals surface area (Å²) in [4.78, 5) is 38.9. The molecule has 0 bridgehead atoms. The number of hydrogen-bond acceptors (Lipinski definition) is 8. The third-order valence-electron chi connectivity index (χ3n) is 5.78. The molecule has 3 aromatic rings. The summed E-state index contributed by atoms with van der Waals surface area (Å²) >= 11 is 5.93. The molecule has 10 nitrogen and oxygen atoms in total. The van der Waals surface area contributed by atoms with E-state index in [1.165, 1.54) is 6.07 Å². The fourth-order valence-electron chi connectivity index (χ4n) is 3.79. The molecule has 1 atom stereocenters. The van der Waals surface area contributed by atoms with E-state index in [-0.39, 0.29) is 16.4 Å². The number of morpholine rings is 1. The number of amides is 2. The van der Waals surface area contributed by atoms with Crippen LogP contribution in [0.2, 0.25) is 5.02 Å². The summed E-state index contributed by atoms with van der Waals surface area (Å²) < 4.78 is 16.0. The number of aliphatic hydroxyl groups is 1. The first-order valence-corrected chi connectivity index (χ1v) is 11.7. The number of halogens is 1. The molecule has 190 valence electrons. The van der Waals surface area contributed by atoms with Gasteiger partial charge in [-0.3, -0.25) is 9.59 Å². The van der Waals surface area contributed by atoms with Gasteiger partial charge in [0.1, 0.15) is 22.4 Å². The number of aryl methyl sites for hydroxylation is 1. The molecule has 3 N–H and O–H groups in total. The lowest BCUT2D eigenvalue weighted by Crippen LogP contribution is -2.47. The van der Waals surface area contributed by atoms with Crippen molar-refractivity contribution in [1.29, 1.82) is 0 Å². The van der Waals surface area contributed by atoms with Crippen molar-refractivity contribution < 1.29 is 28.6 Å². The Morgan fingerprint density at radius 1 is 1.17 bits per heavy atom. The number of ether oxygens (including phenoxy) is 2. The highest BCUT2D eigenvalue weighted by Gasteiger charge is 2.21. The van der Waals surface area contributed by atoms with Gasteiger partial charge in [0, 0.05) is 35.9 Å². The quantitative estimate of drug-likeness (QED) is 0.389. The SMILES string of the molecule is Cc1c(Cl)c(=O)oc2cc(OCC(=O)N[C@@H](CO)C(=O)Nc3ccc(N4CCOCC4)cc3)ccc12. The number of benzene rings is 2. The van der Waals surface area contributed by atoms with Gasteiger partial charge in [0.15, 0.2) is 6.61 Å². The van der Waals surface area contributed by atoms with E-state index >= 15 is 0 Å². The fourth-order valence-corrected chi connectivity index (χ4v) is 3.93. The Morgan fingerprint density at radius 2 is 1.89 bits per heavy atom. The van der Waals surface area contributed by atoms with Crippen molar-refractivity contribution in [3.8, 4) is 5.75 Å². The first kappa shape index (κ1) is 25.5. The van der Waals surface area contributed by atoms with Crippen molar-refractivity contribution in [2.75, 3.05) is 49.7 Å². The van der Waals surface area contributed by atoms with E-state index in [1.54, 1.807) is 31.2 Å². The van der Waals surface area contributed by atoms with E-state index < -0.39 is 36.7 Å². The molecule has 4 rings (SSSR count). The molecule has 2 amide bonds. The summed E-state index contributed by atoms with van der Waals surface area (Å²) in [5.74, 6) is -0.890. The highest BCUT2D eigenvalue weighted by Crippen LogP contribution is 2.26. The number of nitrogens with one attached hydrogen (secondary N) is 2. The van der Waals surface area contributed by atoms with Crippen LogP contribution in [0.4, 0.5) is 11.4 Å². The molecule has 11 heteroatoms. The van der Waals surface area contributed by atoms with Gasteiger partial charge in [0.05, 0.1) is 19.8 Å². The Bertz CT molecular complexity index is 1300. The van der Waals surface area contributed by atoms with E-state index in [1.807, 2.05) is 12.1 Å². The van der Waals surface area contributed by atoms with Gasteiger partial charge in [-0.1, -0.05) is 11.6 Å². The highest BCUT2D eigenvalue weighted by atomic mass is 35.5. The van der Waals surface area contributed by atoms with Crippen molar-refractivity contribution in [2.45, 2.75) is 13.0 Å². The van der Waals surface area contributed by atoms with Crippen LogP contribution in [-0.4, -0.2) is 62.5 Å². The minimum Gasteiger partial charge on any atom is -0.484 e. The summed E-state index contributed by atoms with van der Waals surface area (Å²) in [6.07, 6.45) is 0. The average Bonchev–Trinajstić information content (AvgIpc) is 2.90. The van der Waals surface area contributed by atoms with Gasteiger partial charge < -0.3 is 34.5 Å². The molecule has 0 unspecified atom stereocenters. The molecule has 1 fully saturated rings. The smallest absolute Gasteiger partial charge is 0.355 e. The van der Waals surface area contributed by atoms with E-state index in [0.717, 1.165) is 18.8 Å². The van der Waals surface area contributed by atoms with E-state index in [0.29, 0.717) is 29.9 Å². The van der Waals surface area contributed by atoms with Gasteiger partial charge in [0.25, 0.3) is 5.91 Å². The predicted molar refractivity (Wildman–Crippen MR) is 135 cm³/mol. The fraction of sp³-hybridized carbons (Fsp3) is 0.320. The van der Waals surface area contributed by atoms with Crippen LogP contribution in [0.25, 0.3) is 11.0 Å². The van der Waals surface area contributed by atoms with Gasteiger partial charge in [-0.2, -0.15) is 0 Å². The Kier molecular flexibility index (Phi) is 8.09. The second kappa shape index (κ2) is 11.4. The third kappa shape index (κ3) is 5.96. The second-order valence-electron chi connectivity index (χ2n) is 8.21. The van der Waals surface area contributed by atoms with Crippen LogP contribution in [0, 0.1) is 6.92 Å². The van der Waals surface area contributed by atoms with Crippen molar-refractivity contribution in [3.05, 3.63) is 63.5 Å². The monoisotopic (exact) mass is 515 g/mol. The maximum Gasteiger partial charge on any atom is 0.355 e. The van der Waals surface area contributed by atoms with Crippen molar-refractivity contribution in [1.82, 2.24) is 5.32 Å². The first-order chi connectivity index (χ1) is 17.4. The van der Waals surface area contributed by atoms with E-state index in [4.69, 9.17) is 25.5 Å². The van der Waals surface area contributed by atoms with Crippen LogP contribution < -0.4 is 25.9 Å². The Balaban J connectivity index is 1.31. The number of fused-ring (bicyclic) bond motifs is 1. The zero-order chi connectivity index (χ0) is 25.7. The Labute approximate surface area is 211 Å². The summed E-state index contributed by atoms with van der Waals surface area (Å²) in [7, 11) is 0. The molecule has 1 aromatic heterocycles. The number of aliphatic hydroxyl groups excluding tert-OH is 1. The summed E-state index contributed by atoms with van der Waals surface area (Å²) in [5, 5.41) is 15.4. The lowest BCUT2D eigenvalue weighted by atomic mass is 10.1. The summed E-state index contributed by atoms with van der Waals surface area (Å²) in [6, 6.07) is 10.9.